The van der Waals surface area contributed by atoms with Crippen LogP contribution in [0.15, 0.2) is 60.7 Å². The monoisotopic (exact) mass is 567 g/mol. The first-order chi connectivity index (χ1) is 19.4. The molecule has 0 unspecified atom stereocenters. The summed E-state index contributed by atoms with van der Waals surface area (Å²) in [4.78, 5) is 28.6. The Morgan fingerprint density at radius 3 is 2.15 bits per heavy atom. The van der Waals surface area contributed by atoms with Crippen molar-refractivity contribution in [3.8, 4) is 0 Å². The third-order valence-corrected chi connectivity index (χ3v) is 9.18. The highest BCUT2D eigenvalue weighted by atomic mass is 32.2. The predicted molar refractivity (Wildman–Crippen MR) is 161 cm³/mol. The first kappa shape index (κ1) is 30.6. The van der Waals surface area contributed by atoms with E-state index >= 15 is 0 Å². The van der Waals surface area contributed by atoms with Crippen molar-refractivity contribution in [3.63, 3.8) is 0 Å². The van der Waals surface area contributed by atoms with Gasteiger partial charge in [0.1, 0.15) is 6.04 Å². The average Bonchev–Trinajstić information content (AvgIpc) is 3.13. The summed E-state index contributed by atoms with van der Waals surface area (Å²) in [5.74, 6) is 0.971. The number of thioether (sulfide) groups is 1. The maximum absolute atomic E-state index is 13.8. The minimum atomic E-state index is -0.476. The number of rotatable bonds is 14. The Labute approximate surface area is 243 Å². The summed E-state index contributed by atoms with van der Waals surface area (Å²) in [5, 5.41) is 6.64. The van der Waals surface area contributed by atoms with Crippen LogP contribution in [0.25, 0.3) is 0 Å². The van der Waals surface area contributed by atoms with Crippen LogP contribution < -0.4 is 10.6 Å². The second kappa shape index (κ2) is 15.0. The van der Waals surface area contributed by atoms with Gasteiger partial charge in [-0.25, -0.2) is 0 Å². The van der Waals surface area contributed by atoms with Crippen LogP contribution in [-0.4, -0.2) is 67.4 Å². The normalized spacial score (nSPS) is 21.9. The number of benzene rings is 2. The molecule has 2 aromatic carbocycles. The van der Waals surface area contributed by atoms with Gasteiger partial charge in [-0.3, -0.25) is 9.59 Å². The third-order valence-electron chi connectivity index (χ3n) is 7.88. The zero-order chi connectivity index (χ0) is 28.4. The molecule has 2 N–H and O–H groups in total. The smallest absolute Gasteiger partial charge is 0.243 e. The molecule has 2 saturated heterocycles. The van der Waals surface area contributed by atoms with E-state index in [-0.39, 0.29) is 34.7 Å². The van der Waals surface area contributed by atoms with Crippen molar-refractivity contribution in [2.45, 2.75) is 69.5 Å². The number of hydrogen-bond acceptors (Lipinski definition) is 6. The van der Waals surface area contributed by atoms with Gasteiger partial charge in [0.05, 0.1) is 30.7 Å². The van der Waals surface area contributed by atoms with Gasteiger partial charge in [-0.15, -0.1) is 11.8 Å². The first-order valence-electron chi connectivity index (χ1n) is 14.6. The van der Waals surface area contributed by atoms with Gasteiger partial charge in [-0.1, -0.05) is 74.5 Å². The van der Waals surface area contributed by atoms with Gasteiger partial charge in [0.25, 0.3) is 0 Å². The third kappa shape index (κ3) is 8.09. The number of nitrogens with one attached hydrogen (secondary N) is 2. The summed E-state index contributed by atoms with van der Waals surface area (Å²) in [7, 11) is 1.95. The molecule has 4 rings (SSSR count). The fourth-order valence-corrected chi connectivity index (χ4v) is 7.23. The Hall–Kier alpha value is -2.39. The standard InChI is InChI=1S/C32H45N3O4S/c1-32(2)21-29-35(28(36)17-12-20-40-29)30(32)31(37)34-27(25-15-8-5-9-16-25)23-39-19-11-10-18-38-22-26(33-3)24-13-6-4-7-14-24/h4-9,13-16,26-27,29-30,33H,10-12,17-23H2,1-3H3,(H,34,37)/t26-,27-,29+,30-/m1/s1. The highest BCUT2D eigenvalue weighted by Crippen LogP contribution is 2.46. The molecule has 2 heterocycles. The van der Waals surface area contributed by atoms with Crippen molar-refractivity contribution in [3.05, 3.63) is 71.8 Å². The summed E-state index contributed by atoms with van der Waals surface area (Å²) in [6, 6.07) is 19.7. The van der Waals surface area contributed by atoms with Crippen LogP contribution in [-0.2, 0) is 19.1 Å². The lowest BCUT2D eigenvalue weighted by atomic mass is 9.84. The fourth-order valence-electron chi connectivity index (χ4n) is 5.70. The topological polar surface area (TPSA) is 79.9 Å². The summed E-state index contributed by atoms with van der Waals surface area (Å²) >= 11 is 1.81. The van der Waals surface area contributed by atoms with Crippen LogP contribution in [0.4, 0.5) is 0 Å². The molecule has 2 aliphatic rings. The molecule has 0 aromatic heterocycles. The number of carbonyl (C=O) groups excluding carboxylic acids is 2. The Morgan fingerprint density at radius 2 is 1.55 bits per heavy atom. The predicted octanol–water partition coefficient (Wildman–Crippen LogP) is 5.10. The number of unbranched alkanes of at least 4 members (excludes halogenated alkanes) is 1. The molecule has 0 bridgehead atoms. The van der Waals surface area contributed by atoms with E-state index in [9.17, 15) is 9.59 Å². The Morgan fingerprint density at radius 1 is 0.975 bits per heavy atom. The Kier molecular flexibility index (Phi) is 11.5. The molecule has 0 aliphatic carbocycles. The van der Waals surface area contributed by atoms with Crippen molar-refractivity contribution in [1.82, 2.24) is 15.5 Å². The maximum Gasteiger partial charge on any atom is 0.243 e. The van der Waals surface area contributed by atoms with Crippen molar-refractivity contribution in [2.75, 3.05) is 39.2 Å². The molecule has 40 heavy (non-hydrogen) atoms. The Balaban J connectivity index is 1.26. The molecule has 2 amide bonds. The highest BCUT2D eigenvalue weighted by molar-refractivity contribution is 7.99. The maximum atomic E-state index is 13.8. The van der Waals surface area contributed by atoms with Crippen molar-refractivity contribution in [1.29, 1.82) is 0 Å². The van der Waals surface area contributed by atoms with Gasteiger partial charge < -0.3 is 25.0 Å². The second-order valence-corrected chi connectivity index (χ2v) is 12.7. The number of amides is 2. The molecular formula is C32H45N3O4S. The lowest BCUT2D eigenvalue weighted by Gasteiger charge is -2.33. The zero-order valence-electron chi connectivity index (χ0n) is 24.1. The van der Waals surface area contributed by atoms with Gasteiger partial charge in [0.2, 0.25) is 11.8 Å². The van der Waals surface area contributed by atoms with E-state index in [2.05, 4.69) is 36.6 Å². The van der Waals surface area contributed by atoms with E-state index in [1.807, 2.05) is 72.2 Å². The van der Waals surface area contributed by atoms with E-state index in [4.69, 9.17) is 9.47 Å². The van der Waals surface area contributed by atoms with Crippen molar-refractivity contribution in [2.24, 2.45) is 5.41 Å². The minimum Gasteiger partial charge on any atom is -0.379 e. The average molecular weight is 568 g/mol. The van der Waals surface area contributed by atoms with Gasteiger partial charge in [-0.2, -0.15) is 0 Å². The number of hydrogen-bond donors (Lipinski definition) is 2. The number of carbonyl (C=O) groups is 2. The van der Waals surface area contributed by atoms with E-state index < -0.39 is 6.04 Å². The summed E-state index contributed by atoms with van der Waals surface area (Å²) in [6.07, 6.45) is 4.00. The highest BCUT2D eigenvalue weighted by Gasteiger charge is 2.52. The number of likely N-dealkylation sites (N-methyl/N-ethyl adjacent to an activating group) is 1. The summed E-state index contributed by atoms with van der Waals surface area (Å²) in [6.45, 7) is 6.48. The van der Waals surface area contributed by atoms with Gasteiger partial charge in [-0.05, 0) is 55.0 Å². The van der Waals surface area contributed by atoms with E-state index in [0.717, 1.165) is 37.0 Å². The molecule has 8 heteroatoms. The molecule has 4 atom stereocenters. The quantitative estimate of drug-likeness (QED) is 0.309. The summed E-state index contributed by atoms with van der Waals surface area (Å²) in [5.41, 5.74) is 1.93. The van der Waals surface area contributed by atoms with Crippen LogP contribution in [0.5, 0.6) is 0 Å². The fraction of sp³-hybridized carbons (Fsp3) is 0.562. The molecule has 0 spiro atoms. The SMILES string of the molecule is CN[C@H](COCCCCOC[C@@H](NC(=O)[C@H]1N2C(=O)CCCS[C@H]2CC1(C)C)c1ccccc1)c1ccccc1. The van der Waals surface area contributed by atoms with Crippen LogP contribution in [0, 0.1) is 5.41 Å². The zero-order valence-corrected chi connectivity index (χ0v) is 25.0. The largest absolute Gasteiger partial charge is 0.379 e. The van der Waals surface area contributed by atoms with Crippen molar-refractivity contribution >= 4 is 23.6 Å². The van der Waals surface area contributed by atoms with Gasteiger partial charge in [0.15, 0.2) is 0 Å². The molecule has 7 nitrogen and oxygen atoms in total. The van der Waals surface area contributed by atoms with Crippen LogP contribution in [0.2, 0.25) is 0 Å². The Bertz CT molecular complexity index is 1070. The number of nitrogens with zero attached hydrogens (tertiary/aromatic N) is 1. The molecule has 218 valence electrons. The number of fused-ring (bicyclic) bond motifs is 1. The van der Waals surface area contributed by atoms with Crippen molar-refractivity contribution < 1.29 is 19.1 Å². The molecule has 0 saturated carbocycles. The van der Waals surface area contributed by atoms with Gasteiger partial charge >= 0.3 is 0 Å². The lowest BCUT2D eigenvalue weighted by Crippen LogP contribution is -2.53. The second-order valence-electron chi connectivity index (χ2n) is 11.4. The summed E-state index contributed by atoms with van der Waals surface area (Å²) < 4.78 is 12.0. The number of ether oxygens (including phenoxy) is 2. The van der Waals surface area contributed by atoms with Gasteiger partial charge in [0, 0.05) is 19.6 Å². The van der Waals surface area contributed by atoms with E-state index in [1.54, 1.807) is 0 Å². The minimum absolute atomic E-state index is 0.0745. The first-order valence-corrected chi connectivity index (χ1v) is 15.6. The van der Waals surface area contributed by atoms with Crippen LogP contribution in [0.3, 0.4) is 0 Å². The molecule has 2 aliphatic heterocycles. The lowest BCUT2D eigenvalue weighted by molar-refractivity contribution is -0.141. The molecular weight excluding hydrogens is 522 g/mol. The molecule has 0 radical (unpaired) electrons. The van der Waals surface area contributed by atoms with E-state index in [0.29, 0.717) is 32.8 Å². The molecule has 2 fully saturated rings. The van der Waals surface area contributed by atoms with Crippen LogP contribution in [0.1, 0.15) is 69.2 Å². The molecule has 2 aromatic rings. The van der Waals surface area contributed by atoms with E-state index in [1.165, 1.54) is 5.56 Å². The van der Waals surface area contributed by atoms with Crippen LogP contribution >= 0.6 is 11.8 Å².